The second kappa shape index (κ2) is 6.06. The SMILES string of the molecule is CC1CC[C@H](C)P1c1ccccc1P1[C@@H](C)CC[C@@H]1C. The van der Waals surface area contributed by atoms with Crippen LogP contribution >= 0.6 is 15.8 Å². The van der Waals surface area contributed by atoms with E-state index in [9.17, 15) is 0 Å². The molecule has 1 aromatic rings. The van der Waals surface area contributed by atoms with E-state index in [1.807, 2.05) is 0 Å². The lowest BCUT2D eigenvalue weighted by Gasteiger charge is -2.30. The van der Waals surface area contributed by atoms with Crippen LogP contribution in [0.3, 0.4) is 0 Å². The van der Waals surface area contributed by atoms with Gasteiger partial charge in [0.1, 0.15) is 0 Å². The van der Waals surface area contributed by atoms with Crippen LogP contribution in [-0.2, 0) is 0 Å². The summed E-state index contributed by atoms with van der Waals surface area (Å²) in [6.07, 6.45) is 5.79. The van der Waals surface area contributed by atoms with Crippen LogP contribution in [0, 0.1) is 0 Å². The van der Waals surface area contributed by atoms with Crippen LogP contribution in [0.4, 0.5) is 0 Å². The first-order chi connectivity index (χ1) is 9.59. The normalized spacial score (nSPS) is 38.5. The molecule has 1 aromatic carbocycles. The fraction of sp³-hybridized carbons (Fsp3) is 0.667. The van der Waals surface area contributed by atoms with E-state index >= 15 is 0 Å². The molecule has 0 radical (unpaired) electrons. The van der Waals surface area contributed by atoms with Crippen LogP contribution in [0.5, 0.6) is 0 Å². The van der Waals surface area contributed by atoms with E-state index in [0.717, 1.165) is 22.6 Å². The highest BCUT2D eigenvalue weighted by Gasteiger charge is 2.37. The molecule has 0 spiro atoms. The van der Waals surface area contributed by atoms with Crippen molar-refractivity contribution in [2.24, 2.45) is 0 Å². The van der Waals surface area contributed by atoms with Crippen LogP contribution in [-0.4, -0.2) is 22.6 Å². The zero-order valence-corrected chi connectivity index (χ0v) is 15.1. The van der Waals surface area contributed by atoms with Gasteiger partial charge in [-0.25, -0.2) is 0 Å². The van der Waals surface area contributed by atoms with Crippen molar-refractivity contribution in [3.8, 4) is 0 Å². The van der Waals surface area contributed by atoms with Gasteiger partial charge in [0.15, 0.2) is 0 Å². The second-order valence-electron chi connectivity index (χ2n) is 6.85. The summed E-state index contributed by atoms with van der Waals surface area (Å²) in [4.78, 5) is 0. The molecule has 0 bridgehead atoms. The van der Waals surface area contributed by atoms with E-state index in [2.05, 4.69) is 52.0 Å². The Hall–Kier alpha value is 0.0800. The number of benzene rings is 1. The average Bonchev–Trinajstić information content (AvgIpc) is 2.93. The monoisotopic (exact) mass is 306 g/mol. The molecule has 0 nitrogen and oxygen atoms in total. The predicted molar refractivity (Wildman–Crippen MR) is 95.9 cm³/mol. The fourth-order valence-corrected chi connectivity index (χ4v) is 11.5. The molecule has 0 aromatic heterocycles. The van der Waals surface area contributed by atoms with E-state index in [-0.39, 0.29) is 15.8 Å². The minimum Gasteiger partial charge on any atom is -0.0688 e. The standard InChI is InChI=1S/C18H28P2/c1-13-9-10-14(2)19(13)17-7-5-6-8-18(17)20-15(3)11-12-16(20)4/h5-8,13-16H,9-12H2,1-4H3/t13-,14-,15-,16?,20?/m0/s1. The Morgan fingerprint density at radius 2 is 0.950 bits per heavy atom. The molecule has 3 rings (SSSR count). The minimum absolute atomic E-state index is 0.0785. The highest BCUT2D eigenvalue weighted by atomic mass is 31.1. The molecule has 2 heterocycles. The van der Waals surface area contributed by atoms with E-state index in [0.29, 0.717) is 0 Å². The largest absolute Gasteiger partial charge is 0.0688 e. The van der Waals surface area contributed by atoms with E-state index in [1.54, 1.807) is 10.6 Å². The molecule has 0 N–H and O–H groups in total. The maximum atomic E-state index is 2.50. The maximum absolute atomic E-state index is 2.50. The summed E-state index contributed by atoms with van der Waals surface area (Å²) in [6, 6.07) is 9.55. The molecule has 2 unspecified atom stereocenters. The Kier molecular flexibility index (Phi) is 4.54. The first-order valence-corrected chi connectivity index (χ1v) is 11.2. The van der Waals surface area contributed by atoms with Crippen molar-refractivity contribution in [2.75, 3.05) is 0 Å². The molecule has 2 saturated heterocycles. The first-order valence-electron chi connectivity index (χ1n) is 8.25. The Bertz CT molecular complexity index is 407. The van der Waals surface area contributed by atoms with Gasteiger partial charge in [0.25, 0.3) is 0 Å². The number of hydrogen-bond donors (Lipinski definition) is 0. The van der Waals surface area contributed by atoms with Gasteiger partial charge in [-0.1, -0.05) is 67.8 Å². The lowest BCUT2D eigenvalue weighted by Crippen LogP contribution is -2.28. The third kappa shape index (κ3) is 2.60. The van der Waals surface area contributed by atoms with Gasteiger partial charge >= 0.3 is 0 Å². The summed E-state index contributed by atoms with van der Waals surface area (Å²) in [5, 5.41) is 3.57. The minimum atomic E-state index is 0.0785. The smallest absolute Gasteiger partial charge is 0.0158 e. The summed E-state index contributed by atoms with van der Waals surface area (Å²) in [5.41, 5.74) is 3.74. The molecule has 2 fully saturated rings. The molecule has 2 heteroatoms. The Morgan fingerprint density at radius 1 is 0.650 bits per heavy atom. The zero-order chi connectivity index (χ0) is 14.3. The van der Waals surface area contributed by atoms with Gasteiger partial charge < -0.3 is 0 Å². The van der Waals surface area contributed by atoms with E-state index in [1.165, 1.54) is 25.7 Å². The molecule has 2 aliphatic rings. The van der Waals surface area contributed by atoms with E-state index < -0.39 is 0 Å². The molecular formula is C18H28P2. The third-order valence-corrected chi connectivity index (χ3v) is 12.2. The van der Waals surface area contributed by atoms with Crippen molar-refractivity contribution in [3.05, 3.63) is 24.3 Å². The second-order valence-corrected chi connectivity index (χ2v) is 13.0. The van der Waals surface area contributed by atoms with Crippen molar-refractivity contribution >= 4 is 26.5 Å². The molecule has 110 valence electrons. The summed E-state index contributed by atoms with van der Waals surface area (Å²) in [5.74, 6) is 0. The van der Waals surface area contributed by atoms with Crippen LogP contribution < -0.4 is 10.6 Å². The van der Waals surface area contributed by atoms with Crippen molar-refractivity contribution in [1.82, 2.24) is 0 Å². The number of hydrogen-bond acceptors (Lipinski definition) is 0. The summed E-state index contributed by atoms with van der Waals surface area (Å²) < 4.78 is 0. The lowest BCUT2D eigenvalue weighted by atomic mass is 10.2. The number of rotatable bonds is 2. The Morgan fingerprint density at radius 3 is 1.25 bits per heavy atom. The summed E-state index contributed by atoms with van der Waals surface area (Å²) in [7, 11) is 0.157. The molecular weight excluding hydrogens is 278 g/mol. The van der Waals surface area contributed by atoms with Gasteiger partial charge in [0.2, 0.25) is 0 Å². The highest BCUT2D eigenvalue weighted by molar-refractivity contribution is 7.73. The Balaban J connectivity index is 2.00. The van der Waals surface area contributed by atoms with Gasteiger partial charge in [-0.3, -0.25) is 0 Å². The maximum Gasteiger partial charge on any atom is -0.0158 e. The predicted octanol–water partition coefficient (Wildman–Crippen LogP) is 5.04. The van der Waals surface area contributed by atoms with Gasteiger partial charge in [0.05, 0.1) is 0 Å². The molecule has 2 aliphatic heterocycles. The fourth-order valence-electron chi connectivity index (χ4n) is 4.24. The molecule has 20 heavy (non-hydrogen) atoms. The molecule has 5 atom stereocenters. The molecule has 0 aliphatic carbocycles. The van der Waals surface area contributed by atoms with Crippen LogP contribution in [0.25, 0.3) is 0 Å². The molecule has 0 saturated carbocycles. The van der Waals surface area contributed by atoms with Gasteiger partial charge in [-0.15, -0.1) is 0 Å². The van der Waals surface area contributed by atoms with Crippen molar-refractivity contribution in [1.29, 1.82) is 0 Å². The van der Waals surface area contributed by atoms with Crippen LogP contribution in [0.1, 0.15) is 53.4 Å². The quantitative estimate of drug-likeness (QED) is 0.671. The molecule has 0 amide bonds. The topological polar surface area (TPSA) is 0 Å². The Labute approximate surface area is 127 Å². The highest BCUT2D eigenvalue weighted by Crippen LogP contribution is 2.58. The third-order valence-electron chi connectivity index (χ3n) is 5.34. The van der Waals surface area contributed by atoms with Crippen molar-refractivity contribution in [3.63, 3.8) is 0 Å². The summed E-state index contributed by atoms with van der Waals surface area (Å²) >= 11 is 0. The van der Waals surface area contributed by atoms with Crippen molar-refractivity contribution < 1.29 is 0 Å². The van der Waals surface area contributed by atoms with Crippen LogP contribution in [0.2, 0.25) is 0 Å². The van der Waals surface area contributed by atoms with Gasteiger partial charge in [-0.2, -0.15) is 0 Å². The van der Waals surface area contributed by atoms with Crippen molar-refractivity contribution in [2.45, 2.75) is 76.0 Å². The zero-order valence-electron chi connectivity index (χ0n) is 13.3. The van der Waals surface area contributed by atoms with Gasteiger partial charge in [-0.05, 0) is 58.9 Å². The first kappa shape index (κ1) is 15.0. The average molecular weight is 306 g/mol. The van der Waals surface area contributed by atoms with E-state index in [4.69, 9.17) is 0 Å². The summed E-state index contributed by atoms with van der Waals surface area (Å²) in [6.45, 7) is 10.0. The van der Waals surface area contributed by atoms with Crippen LogP contribution in [0.15, 0.2) is 24.3 Å². The lowest BCUT2D eigenvalue weighted by molar-refractivity contribution is 0.777. The van der Waals surface area contributed by atoms with Gasteiger partial charge in [0, 0.05) is 0 Å².